The first kappa shape index (κ1) is 17.5. The van der Waals surface area contributed by atoms with E-state index in [0.29, 0.717) is 12.0 Å². The molecule has 0 aromatic heterocycles. The van der Waals surface area contributed by atoms with Gasteiger partial charge in [0, 0.05) is 13.1 Å². The number of carbonyl (C=O) groups excluding carboxylic acids is 1. The standard InChI is InChI=1S/C15H16F5NO2/c16-14(17)23-12-5-1-3-10(7-12)8-13(22)21-6-2-4-11(9-21)15(18,19)20/h1,3,5,7,11,14H,2,4,6,8-9H2. The van der Waals surface area contributed by atoms with Crippen LogP contribution in [0.3, 0.4) is 0 Å². The number of benzene rings is 1. The van der Waals surface area contributed by atoms with Crippen LogP contribution in [0.2, 0.25) is 0 Å². The van der Waals surface area contributed by atoms with Gasteiger partial charge in [-0.2, -0.15) is 22.0 Å². The molecule has 1 unspecified atom stereocenters. The summed E-state index contributed by atoms with van der Waals surface area (Å²) in [6, 6.07) is 5.60. The summed E-state index contributed by atoms with van der Waals surface area (Å²) < 4.78 is 66.8. The maximum atomic E-state index is 12.8. The van der Waals surface area contributed by atoms with Crippen LogP contribution >= 0.6 is 0 Å². The Labute approximate surface area is 130 Å². The van der Waals surface area contributed by atoms with Crippen LogP contribution < -0.4 is 4.74 Å². The zero-order valence-corrected chi connectivity index (χ0v) is 12.2. The quantitative estimate of drug-likeness (QED) is 0.785. The summed E-state index contributed by atoms with van der Waals surface area (Å²) in [4.78, 5) is 13.3. The van der Waals surface area contributed by atoms with Gasteiger partial charge in [-0.3, -0.25) is 4.79 Å². The third-order valence-corrected chi connectivity index (χ3v) is 3.72. The third-order valence-electron chi connectivity index (χ3n) is 3.72. The van der Waals surface area contributed by atoms with Gasteiger partial charge >= 0.3 is 12.8 Å². The number of hydrogen-bond acceptors (Lipinski definition) is 2. The minimum atomic E-state index is -4.32. The van der Waals surface area contributed by atoms with Crippen molar-refractivity contribution in [3.63, 3.8) is 0 Å². The number of carbonyl (C=O) groups is 1. The van der Waals surface area contributed by atoms with Gasteiger partial charge in [-0.25, -0.2) is 0 Å². The van der Waals surface area contributed by atoms with E-state index in [1.807, 2.05) is 0 Å². The molecule has 1 amide bonds. The lowest BCUT2D eigenvalue weighted by atomic mass is 9.97. The number of halogens is 5. The number of amides is 1. The molecule has 3 nitrogen and oxygen atoms in total. The number of rotatable bonds is 4. The molecule has 128 valence electrons. The molecule has 8 heteroatoms. The highest BCUT2D eigenvalue weighted by atomic mass is 19.4. The number of nitrogens with zero attached hydrogens (tertiary/aromatic N) is 1. The second kappa shape index (κ2) is 7.14. The minimum Gasteiger partial charge on any atom is -0.435 e. The van der Waals surface area contributed by atoms with Crippen LogP contribution in [-0.4, -0.2) is 36.7 Å². The lowest BCUT2D eigenvalue weighted by Gasteiger charge is -2.33. The van der Waals surface area contributed by atoms with Gasteiger partial charge in [0.25, 0.3) is 0 Å². The first-order valence-electron chi connectivity index (χ1n) is 7.14. The van der Waals surface area contributed by atoms with Crippen molar-refractivity contribution in [2.45, 2.75) is 32.1 Å². The lowest BCUT2D eigenvalue weighted by molar-refractivity contribution is -0.187. The lowest BCUT2D eigenvalue weighted by Crippen LogP contribution is -2.45. The van der Waals surface area contributed by atoms with Gasteiger partial charge in [0.1, 0.15) is 5.75 Å². The van der Waals surface area contributed by atoms with Gasteiger partial charge in [0.15, 0.2) is 0 Å². The van der Waals surface area contributed by atoms with Crippen molar-refractivity contribution in [2.75, 3.05) is 13.1 Å². The van der Waals surface area contributed by atoms with E-state index in [-0.39, 0.29) is 31.7 Å². The van der Waals surface area contributed by atoms with E-state index in [4.69, 9.17) is 0 Å². The summed E-state index contributed by atoms with van der Waals surface area (Å²) in [6.45, 7) is -3.05. The first-order valence-corrected chi connectivity index (χ1v) is 7.14. The molecule has 0 aliphatic carbocycles. The normalized spacial score (nSPS) is 19.0. The molecule has 1 aliphatic heterocycles. The molecule has 0 N–H and O–H groups in total. The molecule has 1 fully saturated rings. The van der Waals surface area contributed by atoms with Crippen LogP contribution in [0.1, 0.15) is 18.4 Å². The maximum absolute atomic E-state index is 12.8. The molecule has 1 aromatic carbocycles. The first-order chi connectivity index (χ1) is 10.8. The van der Waals surface area contributed by atoms with E-state index < -0.39 is 24.6 Å². The number of likely N-dealkylation sites (tertiary alicyclic amines) is 1. The van der Waals surface area contributed by atoms with E-state index in [2.05, 4.69) is 4.74 Å². The molecule has 0 saturated carbocycles. The molecule has 0 bridgehead atoms. The van der Waals surface area contributed by atoms with Crippen molar-refractivity contribution in [3.8, 4) is 5.75 Å². The largest absolute Gasteiger partial charge is 0.435 e. The predicted molar refractivity (Wildman–Crippen MR) is 72.1 cm³/mol. The second-order valence-corrected chi connectivity index (χ2v) is 5.42. The number of ether oxygens (including phenoxy) is 1. The molecule has 2 rings (SSSR count). The van der Waals surface area contributed by atoms with Crippen molar-refractivity contribution >= 4 is 5.91 Å². The molecule has 1 heterocycles. The minimum absolute atomic E-state index is 0.0188. The SMILES string of the molecule is O=C(Cc1cccc(OC(F)F)c1)N1CCCC(C(F)(F)F)C1. The topological polar surface area (TPSA) is 29.5 Å². The van der Waals surface area contributed by atoms with Crippen LogP contribution in [0.15, 0.2) is 24.3 Å². The highest BCUT2D eigenvalue weighted by Crippen LogP contribution is 2.33. The van der Waals surface area contributed by atoms with E-state index in [1.54, 1.807) is 6.07 Å². The smallest absolute Gasteiger partial charge is 0.393 e. The number of hydrogen-bond donors (Lipinski definition) is 0. The second-order valence-electron chi connectivity index (χ2n) is 5.42. The molecule has 1 saturated heterocycles. The van der Waals surface area contributed by atoms with Crippen molar-refractivity contribution in [1.82, 2.24) is 4.90 Å². The summed E-state index contributed by atoms with van der Waals surface area (Å²) in [5.74, 6) is -2.04. The molecule has 1 atom stereocenters. The average Bonchev–Trinajstić information content (AvgIpc) is 2.46. The van der Waals surface area contributed by atoms with Crippen LogP contribution in [0.5, 0.6) is 5.75 Å². The van der Waals surface area contributed by atoms with Crippen molar-refractivity contribution in [3.05, 3.63) is 29.8 Å². The van der Waals surface area contributed by atoms with Gasteiger partial charge in [-0.1, -0.05) is 12.1 Å². The molecular weight excluding hydrogens is 321 g/mol. The Hall–Kier alpha value is -1.86. The fourth-order valence-electron chi connectivity index (χ4n) is 2.59. The van der Waals surface area contributed by atoms with Crippen LogP contribution in [0.4, 0.5) is 22.0 Å². The van der Waals surface area contributed by atoms with Gasteiger partial charge < -0.3 is 9.64 Å². The summed E-state index contributed by atoms with van der Waals surface area (Å²) in [5.41, 5.74) is 0.419. The fourth-order valence-corrected chi connectivity index (χ4v) is 2.59. The Morgan fingerprint density at radius 3 is 2.74 bits per heavy atom. The van der Waals surface area contributed by atoms with E-state index in [0.717, 1.165) is 0 Å². The molecule has 0 spiro atoms. The van der Waals surface area contributed by atoms with Crippen LogP contribution in [-0.2, 0) is 11.2 Å². The van der Waals surface area contributed by atoms with Gasteiger partial charge in [0.2, 0.25) is 5.91 Å². The van der Waals surface area contributed by atoms with E-state index in [1.165, 1.54) is 23.1 Å². The van der Waals surface area contributed by atoms with Crippen molar-refractivity contribution in [2.24, 2.45) is 5.92 Å². The Bertz CT molecular complexity index is 547. The molecule has 0 radical (unpaired) electrons. The fraction of sp³-hybridized carbons (Fsp3) is 0.533. The van der Waals surface area contributed by atoms with E-state index in [9.17, 15) is 26.7 Å². The van der Waals surface area contributed by atoms with Gasteiger partial charge in [-0.15, -0.1) is 0 Å². The van der Waals surface area contributed by atoms with Crippen LogP contribution in [0.25, 0.3) is 0 Å². The Morgan fingerprint density at radius 2 is 2.09 bits per heavy atom. The Balaban J connectivity index is 1.98. The number of piperidine rings is 1. The average molecular weight is 337 g/mol. The molecule has 1 aliphatic rings. The van der Waals surface area contributed by atoms with Crippen molar-refractivity contribution < 1.29 is 31.5 Å². The molecular formula is C15H16F5NO2. The zero-order valence-electron chi connectivity index (χ0n) is 12.2. The Morgan fingerprint density at radius 1 is 1.35 bits per heavy atom. The third kappa shape index (κ3) is 5.07. The highest BCUT2D eigenvalue weighted by Gasteiger charge is 2.42. The van der Waals surface area contributed by atoms with Crippen LogP contribution in [0, 0.1) is 5.92 Å². The predicted octanol–water partition coefficient (Wildman–Crippen LogP) is 3.63. The molecule has 1 aromatic rings. The van der Waals surface area contributed by atoms with E-state index >= 15 is 0 Å². The van der Waals surface area contributed by atoms with Gasteiger partial charge in [-0.05, 0) is 30.5 Å². The van der Waals surface area contributed by atoms with Gasteiger partial charge in [0.05, 0.1) is 12.3 Å². The Kier molecular flexibility index (Phi) is 5.43. The highest BCUT2D eigenvalue weighted by molar-refractivity contribution is 5.79. The summed E-state index contributed by atoms with van der Waals surface area (Å²) in [7, 11) is 0. The maximum Gasteiger partial charge on any atom is 0.393 e. The van der Waals surface area contributed by atoms with Crippen molar-refractivity contribution in [1.29, 1.82) is 0 Å². The monoisotopic (exact) mass is 337 g/mol. The summed E-state index contributed by atoms with van der Waals surface area (Å²) >= 11 is 0. The summed E-state index contributed by atoms with van der Waals surface area (Å²) in [5, 5.41) is 0. The number of alkyl halides is 5. The summed E-state index contributed by atoms with van der Waals surface area (Å²) in [6.07, 6.45) is -4.15. The zero-order chi connectivity index (χ0) is 17.0. The molecule has 23 heavy (non-hydrogen) atoms.